The van der Waals surface area contributed by atoms with Crippen molar-refractivity contribution in [1.29, 1.82) is 0 Å². The predicted molar refractivity (Wildman–Crippen MR) is 68.4 cm³/mol. The van der Waals surface area contributed by atoms with Crippen molar-refractivity contribution in [2.45, 2.75) is 57.1 Å². The van der Waals surface area contributed by atoms with Gasteiger partial charge in [-0.15, -0.1) is 0 Å². The summed E-state index contributed by atoms with van der Waals surface area (Å²) in [4.78, 5) is 22.5. The van der Waals surface area contributed by atoms with Crippen LogP contribution in [-0.2, 0) is 14.3 Å². The van der Waals surface area contributed by atoms with Crippen LogP contribution in [0.15, 0.2) is 0 Å². The van der Waals surface area contributed by atoms with E-state index < -0.39 is 23.5 Å². The molecule has 4 N–H and O–H groups in total. The number of carbonyl (C=O) groups excluding carboxylic acids is 1. The summed E-state index contributed by atoms with van der Waals surface area (Å²) in [5.41, 5.74) is 5.52. The molecule has 110 valence electrons. The van der Waals surface area contributed by atoms with Crippen molar-refractivity contribution >= 4 is 11.9 Å². The van der Waals surface area contributed by atoms with Crippen LogP contribution in [0.1, 0.15) is 45.4 Å². The molecule has 1 fully saturated rings. The van der Waals surface area contributed by atoms with Gasteiger partial charge in [-0.1, -0.05) is 12.8 Å². The van der Waals surface area contributed by atoms with Crippen molar-refractivity contribution in [2.75, 3.05) is 6.61 Å². The fourth-order valence-corrected chi connectivity index (χ4v) is 2.69. The fourth-order valence-electron chi connectivity index (χ4n) is 2.69. The number of ether oxygens (including phenoxy) is 1. The summed E-state index contributed by atoms with van der Waals surface area (Å²) in [5, 5.41) is 18.0. The van der Waals surface area contributed by atoms with E-state index in [1.807, 2.05) is 0 Å². The first-order valence-corrected chi connectivity index (χ1v) is 6.77. The third kappa shape index (κ3) is 4.18. The molecule has 0 radical (unpaired) electrons. The lowest BCUT2D eigenvalue weighted by molar-refractivity contribution is -0.152. The van der Waals surface area contributed by atoms with E-state index >= 15 is 0 Å². The standard InChI is InChI=1S/C13H23NO5/c1-2-19-12(18)9-5-3-4-7-13(9,14)8-6-10(15)11(16)17/h9-10,15H,2-8,14H2,1H3,(H,16,17). The third-order valence-electron chi connectivity index (χ3n) is 3.82. The largest absolute Gasteiger partial charge is 0.479 e. The van der Waals surface area contributed by atoms with Crippen molar-refractivity contribution in [3.63, 3.8) is 0 Å². The Balaban J connectivity index is 2.67. The van der Waals surface area contributed by atoms with Crippen LogP contribution in [0.25, 0.3) is 0 Å². The number of aliphatic hydroxyl groups is 1. The monoisotopic (exact) mass is 273 g/mol. The van der Waals surface area contributed by atoms with Gasteiger partial charge in [-0.25, -0.2) is 4.79 Å². The molecule has 0 saturated heterocycles. The molecule has 3 atom stereocenters. The van der Waals surface area contributed by atoms with Gasteiger partial charge in [-0.3, -0.25) is 4.79 Å². The average molecular weight is 273 g/mol. The number of rotatable bonds is 6. The first kappa shape index (κ1) is 15.9. The topological polar surface area (TPSA) is 110 Å². The molecule has 0 spiro atoms. The Hall–Kier alpha value is -1.14. The molecule has 6 heteroatoms. The van der Waals surface area contributed by atoms with E-state index in [1.54, 1.807) is 6.92 Å². The second kappa shape index (κ2) is 6.86. The van der Waals surface area contributed by atoms with Crippen LogP contribution in [0.4, 0.5) is 0 Å². The molecule has 3 unspecified atom stereocenters. The van der Waals surface area contributed by atoms with E-state index in [2.05, 4.69) is 0 Å². The number of hydrogen-bond acceptors (Lipinski definition) is 5. The van der Waals surface area contributed by atoms with E-state index in [1.165, 1.54) is 0 Å². The van der Waals surface area contributed by atoms with Gasteiger partial charge < -0.3 is 20.7 Å². The number of carboxylic acids is 1. The van der Waals surface area contributed by atoms with E-state index in [0.29, 0.717) is 25.9 Å². The van der Waals surface area contributed by atoms with Crippen molar-refractivity contribution < 1.29 is 24.5 Å². The molecule has 1 aliphatic rings. The van der Waals surface area contributed by atoms with Crippen LogP contribution in [0, 0.1) is 5.92 Å². The summed E-state index contributed by atoms with van der Waals surface area (Å²) in [6, 6.07) is 0. The van der Waals surface area contributed by atoms with Gasteiger partial charge in [0.05, 0.1) is 12.5 Å². The van der Waals surface area contributed by atoms with Crippen molar-refractivity contribution in [1.82, 2.24) is 0 Å². The van der Waals surface area contributed by atoms with Gasteiger partial charge in [0.25, 0.3) is 0 Å². The van der Waals surface area contributed by atoms with Crippen LogP contribution in [-0.4, -0.2) is 40.4 Å². The smallest absolute Gasteiger partial charge is 0.332 e. The molecule has 19 heavy (non-hydrogen) atoms. The number of nitrogens with two attached hydrogens (primary N) is 1. The highest BCUT2D eigenvalue weighted by Crippen LogP contribution is 2.36. The number of carboxylic acid groups (broad SMARTS) is 1. The Morgan fingerprint density at radius 2 is 2.16 bits per heavy atom. The summed E-state index contributed by atoms with van der Waals surface area (Å²) >= 11 is 0. The molecular formula is C13H23NO5. The average Bonchev–Trinajstić information content (AvgIpc) is 2.36. The van der Waals surface area contributed by atoms with Crippen LogP contribution in [0.2, 0.25) is 0 Å². The van der Waals surface area contributed by atoms with Crippen LogP contribution in [0.3, 0.4) is 0 Å². The van der Waals surface area contributed by atoms with Gasteiger partial charge >= 0.3 is 11.9 Å². The molecule has 0 amide bonds. The second-order valence-electron chi connectivity index (χ2n) is 5.18. The highest BCUT2D eigenvalue weighted by atomic mass is 16.5. The van der Waals surface area contributed by atoms with Crippen LogP contribution < -0.4 is 5.73 Å². The Morgan fingerprint density at radius 1 is 1.47 bits per heavy atom. The minimum atomic E-state index is -1.43. The fraction of sp³-hybridized carbons (Fsp3) is 0.846. The molecule has 1 saturated carbocycles. The maximum atomic E-state index is 11.9. The van der Waals surface area contributed by atoms with Crippen molar-refractivity contribution in [3.05, 3.63) is 0 Å². The molecule has 1 aliphatic carbocycles. The lowest BCUT2D eigenvalue weighted by atomic mass is 9.70. The normalized spacial score (nSPS) is 28.7. The van der Waals surface area contributed by atoms with Crippen LogP contribution in [0.5, 0.6) is 0 Å². The quantitative estimate of drug-likeness (QED) is 0.613. The lowest BCUT2D eigenvalue weighted by Gasteiger charge is -2.40. The predicted octanol–water partition coefficient (Wildman–Crippen LogP) is 0.663. The summed E-state index contributed by atoms with van der Waals surface area (Å²) in [6.07, 6.45) is 2.09. The van der Waals surface area contributed by atoms with E-state index in [4.69, 9.17) is 15.6 Å². The van der Waals surface area contributed by atoms with Crippen molar-refractivity contribution in [2.24, 2.45) is 11.7 Å². The maximum absolute atomic E-state index is 11.9. The molecule has 0 bridgehead atoms. The molecule has 6 nitrogen and oxygen atoms in total. The zero-order valence-electron chi connectivity index (χ0n) is 11.3. The number of esters is 1. The van der Waals surface area contributed by atoms with Gasteiger partial charge in [0.1, 0.15) is 0 Å². The molecule has 1 rings (SSSR count). The SMILES string of the molecule is CCOC(=O)C1CCCCC1(N)CCC(O)C(=O)O. The van der Waals surface area contributed by atoms with Crippen molar-refractivity contribution in [3.8, 4) is 0 Å². The summed E-state index contributed by atoms with van der Waals surface area (Å²) in [6.45, 7) is 2.05. The first-order chi connectivity index (χ1) is 8.90. The molecule has 0 aromatic heterocycles. The minimum absolute atomic E-state index is 0.0573. The molecule has 0 heterocycles. The Kier molecular flexibility index (Phi) is 5.75. The summed E-state index contributed by atoms with van der Waals surface area (Å²) in [5.74, 6) is -1.97. The zero-order valence-corrected chi connectivity index (χ0v) is 11.3. The Bertz CT molecular complexity index is 333. The summed E-state index contributed by atoms with van der Waals surface area (Å²) < 4.78 is 5.03. The first-order valence-electron chi connectivity index (χ1n) is 6.77. The highest BCUT2D eigenvalue weighted by molar-refractivity contribution is 5.74. The zero-order chi connectivity index (χ0) is 14.5. The second-order valence-corrected chi connectivity index (χ2v) is 5.18. The molecule has 0 aromatic rings. The molecule has 0 aliphatic heterocycles. The number of aliphatic hydroxyl groups excluding tert-OH is 1. The van der Waals surface area contributed by atoms with Gasteiger partial charge in [0.2, 0.25) is 0 Å². The van der Waals surface area contributed by atoms with Gasteiger partial charge in [0.15, 0.2) is 6.10 Å². The van der Waals surface area contributed by atoms with E-state index in [-0.39, 0.29) is 12.4 Å². The maximum Gasteiger partial charge on any atom is 0.332 e. The molecular weight excluding hydrogens is 250 g/mol. The lowest BCUT2D eigenvalue weighted by Crippen LogP contribution is -2.53. The van der Waals surface area contributed by atoms with Gasteiger partial charge in [0, 0.05) is 5.54 Å². The highest BCUT2D eigenvalue weighted by Gasteiger charge is 2.42. The summed E-state index contributed by atoms with van der Waals surface area (Å²) in [7, 11) is 0. The Labute approximate surface area is 112 Å². The van der Waals surface area contributed by atoms with Gasteiger partial charge in [-0.05, 0) is 32.6 Å². The number of carbonyl (C=O) groups is 2. The number of aliphatic carboxylic acids is 1. The van der Waals surface area contributed by atoms with Gasteiger partial charge in [-0.2, -0.15) is 0 Å². The minimum Gasteiger partial charge on any atom is -0.479 e. The van der Waals surface area contributed by atoms with E-state index in [0.717, 1.165) is 12.8 Å². The number of hydrogen-bond donors (Lipinski definition) is 3. The van der Waals surface area contributed by atoms with Crippen LogP contribution >= 0.6 is 0 Å². The third-order valence-corrected chi connectivity index (χ3v) is 3.82. The Morgan fingerprint density at radius 3 is 2.74 bits per heavy atom. The molecule has 0 aromatic carbocycles. The van der Waals surface area contributed by atoms with E-state index in [9.17, 15) is 14.7 Å².